The van der Waals surface area contributed by atoms with E-state index >= 15 is 0 Å². The molecule has 0 atom stereocenters. The van der Waals surface area contributed by atoms with Crippen molar-refractivity contribution in [3.63, 3.8) is 0 Å². The summed E-state index contributed by atoms with van der Waals surface area (Å²) in [6.45, 7) is 13.0. The van der Waals surface area contributed by atoms with Gasteiger partial charge in [0.2, 0.25) is 0 Å². The van der Waals surface area contributed by atoms with Crippen LogP contribution in [0.1, 0.15) is 22.3 Å². The molecule has 322 valence electrons. The van der Waals surface area contributed by atoms with Gasteiger partial charge in [-0.15, -0.1) is 0 Å². The zero-order valence-corrected chi connectivity index (χ0v) is 35.9. The number of rotatable bonds is 11. The van der Waals surface area contributed by atoms with Crippen molar-refractivity contribution in [1.29, 1.82) is 0 Å². The van der Waals surface area contributed by atoms with E-state index in [2.05, 4.69) is 123 Å². The summed E-state index contributed by atoms with van der Waals surface area (Å²) in [5.74, 6) is -3.15. The Morgan fingerprint density at radius 2 is 1.08 bits per heavy atom. The molecule has 0 amide bonds. The highest BCUT2D eigenvalue weighted by molar-refractivity contribution is 6.13. The SMILES string of the molecule is C=CN1C/C1=C(\c1ccc2c(ccc3cc(C(F)(F)OC)ccc32)c1)N(C(=C)c1ccc2c(ccc3cc(C(F)(F)C=C)ccc32)c1)c1ccccc1-n1c2ccccc2c2ccccc21. The lowest BCUT2D eigenvalue weighted by Gasteiger charge is -2.32. The van der Waals surface area contributed by atoms with Crippen molar-refractivity contribution >= 4 is 82.0 Å². The molecule has 0 bridgehead atoms. The maximum Gasteiger partial charge on any atom is 0.383 e. The summed E-state index contributed by atoms with van der Waals surface area (Å²) >= 11 is 0. The minimum absolute atomic E-state index is 0.108. The Kier molecular flexibility index (Phi) is 9.50. The van der Waals surface area contributed by atoms with Crippen LogP contribution in [0, 0.1) is 0 Å². The minimum atomic E-state index is -3.41. The van der Waals surface area contributed by atoms with E-state index in [-0.39, 0.29) is 11.1 Å². The normalized spacial score (nSPS) is 13.9. The van der Waals surface area contributed by atoms with Gasteiger partial charge in [0.25, 0.3) is 5.92 Å². The topological polar surface area (TPSA) is 20.4 Å². The van der Waals surface area contributed by atoms with Crippen LogP contribution in [0.15, 0.2) is 208 Å². The number of allylic oxidation sites excluding steroid dienone is 1. The van der Waals surface area contributed by atoms with Crippen molar-refractivity contribution in [1.82, 2.24) is 9.47 Å². The van der Waals surface area contributed by atoms with Crippen LogP contribution >= 0.6 is 0 Å². The largest absolute Gasteiger partial charge is 0.383 e. The molecule has 66 heavy (non-hydrogen) atoms. The van der Waals surface area contributed by atoms with E-state index in [4.69, 9.17) is 6.58 Å². The second kappa shape index (κ2) is 15.4. The Hall–Kier alpha value is -7.94. The third-order valence-electron chi connectivity index (χ3n) is 13.0. The number of hydrogen-bond donors (Lipinski definition) is 0. The summed E-state index contributed by atoms with van der Waals surface area (Å²) in [5.41, 5.74) is 8.03. The quantitative estimate of drug-likeness (QED) is 0.0559. The van der Waals surface area contributed by atoms with E-state index < -0.39 is 12.0 Å². The molecule has 8 heteroatoms. The van der Waals surface area contributed by atoms with Crippen LogP contribution in [-0.2, 0) is 16.8 Å². The highest BCUT2D eigenvalue weighted by Gasteiger charge is 2.35. The van der Waals surface area contributed by atoms with E-state index in [0.717, 1.165) is 95.1 Å². The Balaban J connectivity index is 1.13. The first-order chi connectivity index (χ1) is 32.0. The lowest BCUT2D eigenvalue weighted by atomic mass is 9.95. The summed E-state index contributed by atoms with van der Waals surface area (Å²) in [6, 6.07) is 54.7. The standard InChI is InChI=1S/C58H41F4N3O/c1-5-57(59,60)43-25-29-47-40(33-43)21-19-38-31-37(23-27-45(38)47)36(3)64(53-17-11-12-18-54(53)65-51-15-9-7-13-49(51)50-14-8-10-16-52(50)65)56(55-35-63(55)6-2)42-24-28-46-39(32-42)20-22-41-34-44(26-30-48(41)46)58(61,62)66-4/h5-34H,1-3,35H2,4H3/b56-55-. The van der Waals surface area contributed by atoms with Crippen LogP contribution < -0.4 is 4.90 Å². The molecule has 0 N–H and O–H groups in total. The number of fused-ring (bicyclic) bond motifs is 9. The van der Waals surface area contributed by atoms with Gasteiger partial charge in [-0.05, 0) is 116 Å². The van der Waals surface area contributed by atoms with E-state index in [1.165, 1.54) is 24.3 Å². The molecule has 1 saturated heterocycles. The van der Waals surface area contributed by atoms with Crippen molar-refractivity contribution in [2.45, 2.75) is 12.0 Å². The van der Waals surface area contributed by atoms with E-state index in [0.29, 0.717) is 29.1 Å². The highest BCUT2D eigenvalue weighted by atomic mass is 19.3. The summed E-state index contributed by atoms with van der Waals surface area (Å²) < 4.78 is 65.4. The molecular formula is C58H41F4N3O. The zero-order chi connectivity index (χ0) is 45.5. The Bertz CT molecular complexity index is 3660. The number of nitrogens with zero attached hydrogens (tertiary/aromatic N) is 3. The van der Waals surface area contributed by atoms with Gasteiger partial charge in [-0.3, -0.25) is 0 Å². The van der Waals surface area contributed by atoms with Gasteiger partial charge in [0.1, 0.15) is 0 Å². The molecule has 1 fully saturated rings. The monoisotopic (exact) mass is 871 g/mol. The predicted octanol–water partition coefficient (Wildman–Crippen LogP) is 15.7. The molecule has 1 aromatic heterocycles. The number of benzene rings is 9. The van der Waals surface area contributed by atoms with Gasteiger partial charge in [-0.25, -0.2) is 0 Å². The van der Waals surface area contributed by atoms with Crippen molar-refractivity contribution in [3.8, 4) is 5.69 Å². The molecule has 0 saturated carbocycles. The van der Waals surface area contributed by atoms with Crippen molar-refractivity contribution < 1.29 is 22.3 Å². The first kappa shape index (κ1) is 40.8. The number of para-hydroxylation sites is 4. The fraction of sp³-hybridized carbons (Fsp3) is 0.0690. The number of alkyl halides is 4. The molecule has 0 radical (unpaired) electrons. The average Bonchev–Trinajstić information content (AvgIpc) is 4.06. The van der Waals surface area contributed by atoms with Crippen LogP contribution in [0.5, 0.6) is 0 Å². The second-order valence-electron chi connectivity index (χ2n) is 16.7. The second-order valence-corrected chi connectivity index (χ2v) is 16.7. The fourth-order valence-electron chi connectivity index (χ4n) is 9.58. The molecule has 0 aliphatic carbocycles. The highest BCUT2D eigenvalue weighted by Crippen LogP contribution is 2.46. The van der Waals surface area contributed by atoms with Crippen molar-refractivity contribution in [3.05, 3.63) is 230 Å². The number of ether oxygens (including phenoxy) is 1. The van der Waals surface area contributed by atoms with E-state index in [1.54, 1.807) is 12.1 Å². The Morgan fingerprint density at radius 3 is 1.65 bits per heavy atom. The molecule has 0 spiro atoms. The Morgan fingerprint density at radius 1 is 0.576 bits per heavy atom. The lowest BCUT2D eigenvalue weighted by molar-refractivity contribution is -0.231. The number of halogens is 4. The van der Waals surface area contributed by atoms with Gasteiger partial charge in [0.05, 0.1) is 45.9 Å². The molecular weight excluding hydrogens is 831 g/mol. The number of hydrogen-bond acceptors (Lipinski definition) is 3. The van der Waals surface area contributed by atoms with Gasteiger partial charge < -0.3 is 19.1 Å². The van der Waals surface area contributed by atoms with Crippen LogP contribution in [-0.4, -0.2) is 23.1 Å². The lowest BCUT2D eigenvalue weighted by Crippen LogP contribution is -2.22. The molecule has 0 unspecified atom stereocenters. The third-order valence-corrected chi connectivity index (χ3v) is 13.0. The fourth-order valence-corrected chi connectivity index (χ4v) is 9.58. The van der Waals surface area contributed by atoms with Gasteiger partial charge in [-0.1, -0.05) is 135 Å². The first-order valence-corrected chi connectivity index (χ1v) is 21.6. The van der Waals surface area contributed by atoms with Gasteiger partial charge in [0.15, 0.2) is 0 Å². The number of methoxy groups -OCH3 is 1. The molecule has 10 aromatic rings. The smallest absolute Gasteiger partial charge is 0.343 e. The zero-order valence-electron chi connectivity index (χ0n) is 35.9. The van der Waals surface area contributed by atoms with Gasteiger partial charge in [-0.2, -0.15) is 17.6 Å². The van der Waals surface area contributed by atoms with Crippen molar-refractivity contribution in [2.24, 2.45) is 0 Å². The maximum atomic E-state index is 14.7. The minimum Gasteiger partial charge on any atom is -0.343 e. The van der Waals surface area contributed by atoms with Crippen molar-refractivity contribution in [2.75, 3.05) is 18.6 Å². The molecule has 11 rings (SSSR count). The Labute approximate surface area is 378 Å². The maximum absolute atomic E-state index is 14.7. The van der Waals surface area contributed by atoms with Crippen LogP contribution in [0.3, 0.4) is 0 Å². The number of aromatic nitrogens is 1. The molecule has 1 aliphatic heterocycles. The van der Waals surface area contributed by atoms with E-state index in [9.17, 15) is 17.6 Å². The van der Waals surface area contributed by atoms with Crippen LogP contribution in [0.2, 0.25) is 0 Å². The summed E-state index contributed by atoms with van der Waals surface area (Å²) in [5, 5.41) is 9.06. The van der Waals surface area contributed by atoms with Gasteiger partial charge >= 0.3 is 6.11 Å². The molecule has 2 heterocycles. The average molecular weight is 872 g/mol. The van der Waals surface area contributed by atoms with E-state index in [1.807, 2.05) is 48.7 Å². The third kappa shape index (κ3) is 6.55. The molecule has 9 aromatic carbocycles. The summed E-state index contributed by atoms with van der Waals surface area (Å²) in [7, 11) is 1.00. The van der Waals surface area contributed by atoms with Crippen LogP contribution in [0.4, 0.5) is 23.2 Å². The molecule has 1 aliphatic rings. The van der Waals surface area contributed by atoms with Crippen LogP contribution in [0.25, 0.3) is 82.0 Å². The number of anilines is 1. The summed E-state index contributed by atoms with van der Waals surface area (Å²) in [4.78, 5) is 4.35. The summed E-state index contributed by atoms with van der Waals surface area (Å²) in [6.07, 6.45) is -0.915. The predicted molar refractivity (Wildman–Crippen MR) is 264 cm³/mol. The first-order valence-electron chi connectivity index (χ1n) is 21.6. The molecule has 4 nitrogen and oxygen atoms in total. The van der Waals surface area contributed by atoms with Gasteiger partial charge in [0, 0.05) is 34.7 Å².